The summed E-state index contributed by atoms with van der Waals surface area (Å²) in [5.41, 5.74) is 2.76. The maximum atomic E-state index is 13.6. The lowest BCUT2D eigenvalue weighted by atomic mass is 9.78. The first-order chi connectivity index (χ1) is 20.3. The molecule has 1 aliphatic carbocycles. The van der Waals surface area contributed by atoms with Crippen LogP contribution >= 0.6 is 0 Å². The second kappa shape index (κ2) is 13.9. The van der Waals surface area contributed by atoms with E-state index in [9.17, 15) is 13.2 Å². The molecule has 2 aliphatic heterocycles. The average molecular weight is 598 g/mol. The van der Waals surface area contributed by atoms with Crippen molar-refractivity contribution in [2.75, 3.05) is 40.0 Å². The Hall–Kier alpha value is -2.46. The number of aryl methyl sites for hydroxylation is 2. The van der Waals surface area contributed by atoms with Crippen LogP contribution in [0.4, 0.5) is 0 Å². The number of methoxy groups -OCH3 is 1. The minimum Gasteiger partial charge on any atom is -0.497 e. The number of sulfonamides is 1. The van der Waals surface area contributed by atoms with Crippen molar-refractivity contribution in [2.45, 2.75) is 88.2 Å². The summed E-state index contributed by atoms with van der Waals surface area (Å²) in [4.78, 5) is 15.8. The number of rotatable bonds is 11. The molecule has 230 valence electrons. The van der Waals surface area contributed by atoms with Gasteiger partial charge in [0.05, 0.1) is 18.6 Å². The highest BCUT2D eigenvalue weighted by Crippen LogP contribution is 2.40. The lowest BCUT2D eigenvalue weighted by Crippen LogP contribution is -2.43. The van der Waals surface area contributed by atoms with E-state index in [1.54, 1.807) is 37.4 Å². The van der Waals surface area contributed by atoms with E-state index in [4.69, 9.17) is 9.47 Å². The Morgan fingerprint density at radius 1 is 0.952 bits per heavy atom. The molecule has 2 heterocycles. The highest BCUT2D eigenvalue weighted by atomic mass is 32.2. The standard InChI is InChI=1S/C33H47N3O5S/c1-24-20-30(40-3)21-25(2)33(24)42(38,39)36-19-9-12-29(36)22-41-23-31(37)34-28-15-13-27(14-16-28)32(35-17-7-8-18-35)26-10-5-4-6-11-26/h4-6,10-11,20-21,27-29,32H,7-9,12-19,22-23H2,1-3H3,(H,34,37). The van der Waals surface area contributed by atoms with Crippen molar-refractivity contribution in [2.24, 2.45) is 5.92 Å². The van der Waals surface area contributed by atoms with E-state index >= 15 is 0 Å². The van der Waals surface area contributed by atoms with Gasteiger partial charge in [0.2, 0.25) is 15.9 Å². The Bertz CT molecular complexity index is 1280. The fraction of sp³-hybridized carbons (Fsp3) is 0.606. The number of hydrogen-bond acceptors (Lipinski definition) is 6. The SMILES string of the molecule is COc1cc(C)c(S(=O)(=O)N2CCCC2COCC(=O)NC2CCC(C(c3ccccc3)N3CCCC3)CC2)c(C)c1. The summed E-state index contributed by atoms with van der Waals surface area (Å²) in [5.74, 6) is 1.13. The molecule has 0 radical (unpaired) electrons. The van der Waals surface area contributed by atoms with Gasteiger partial charge in [-0.2, -0.15) is 4.31 Å². The number of likely N-dealkylation sites (tertiary alicyclic amines) is 1. The predicted molar refractivity (Wildman–Crippen MR) is 164 cm³/mol. The Morgan fingerprint density at radius 3 is 2.26 bits per heavy atom. The van der Waals surface area contributed by atoms with Gasteiger partial charge in [-0.3, -0.25) is 9.69 Å². The van der Waals surface area contributed by atoms with E-state index < -0.39 is 10.0 Å². The van der Waals surface area contributed by atoms with Crippen LogP contribution in [0.5, 0.6) is 5.75 Å². The minimum atomic E-state index is -3.69. The summed E-state index contributed by atoms with van der Waals surface area (Å²) in [7, 11) is -2.11. The molecule has 9 heteroatoms. The molecule has 3 fully saturated rings. The molecule has 5 rings (SSSR count). The van der Waals surface area contributed by atoms with Gasteiger partial charge in [0.25, 0.3) is 0 Å². The molecule has 8 nitrogen and oxygen atoms in total. The highest BCUT2D eigenvalue weighted by molar-refractivity contribution is 7.89. The van der Waals surface area contributed by atoms with Gasteiger partial charge in [0, 0.05) is 24.7 Å². The summed E-state index contributed by atoms with van der Waals surface area (Å²) in [6, 6.07) is 14.8. The number of hydrogen-bond donors (Lipinski definition) is 1. The van der Waals surface area contributed by atoms with Gasteiger partial charge in [-0.1, -0.05) is 30.3 Å². The Morgan fingerprint density at radius 2 is 1.62 bits per heavy atom. The third-order valence-corrected chi connectivity index (χ3v) is 11.6. The number of amides is 1. The Labute approximate surface area is 251 Å². The first-order valence-electron chi connectivity index (χ1n) is 15.6. The third-order valence-electron chi connectivity index (χ3n) is 9.36. The van der Waals surface area contributed by atoms with Crippen molar-refractivity contribution in [3.63, 3.8) is 0 Å². The topological polar surface area (TPSA) is 88.2 Å². The van der Waals surface area contributed by atoms with Gasteiger partial charge in [-0.15, -0.1) is 0 Å². The van der Waals surface area contributed by atoms with Crippen molar-refractivity contribution >= 4 is 15.9 Å². The molecule has 3 aliphatic rings. The fourth-order valence-electron chi connectivity index (χ4n) is 7.43. The van der Waals surface area contributed by atoms with Crippen LogP contribution in [0.15, 0.2) is 47.4 Å². The molecule has 2 aromatic carbocycles. The van der Waals surface area contributed by atoms with Gasteiger partial charge in [0.15, 0.2) is 0 Å². The van der Waals surface area contributed by atoms with Crippen LogP contribution in [0.1, 0.15) is 74.1 Å². The summed E-state index contributed by atoms with van der Waals surface area (Å²) in [6.45, 7) is 6.57. The molecule has 0 spiro atoms. The number of carbonyl (C=O) groups excluding carboxylic acids is 1. The quantitative estimate of drug-likeness (QED) is 0.393. The summed E-state index contributed by atoms with van der Waals surface area (Å²) < 4.78 is 40.0. The number of carbonyl (C=O) groups is 1. The zero-order valence-electron chi connectivity index (χ0n) is 25.4. The minimum absolute atomic E-state index is 0.0503. The molecule has 2 unspecified atom stereocenters. The van der Waals surface area contributed by atoms with Crippen LogP contribution in [0.25, 0.3) is 0 Å². The van der Waals surface area contributed by atoms with Gasteiger partial charge in [0.1, 0.15) is 12.4 Å². The first kappa shape index (κ1) is 31.0. The number of ether oxygens (including phenoxy) is 2. The van der Waals surface area contributed by atoms with E-state index in [1.807, 2.05) is 0 Å². The fourth-order valence-corrected chi connectivity index (χ4v) is 9.53. The molecule has 42 heavy (non-hydrogen) atoms. The smallest absolute Gasteiger partial charge is 0.246 e. The van der Waals surface area contributed by atoms with Crippen LogP contribution in [0, 0.1) is 19.8 Å². The average Bonchev–Trinajstić information content (AvgIpc) is 3.67. The molecule has 1 saturated carbocycles. The van der Waals surface area contributed by atoms with E-state index in [2.05, 4.69) is 40.5 Å². The van der Waals surface area contributed by atoms with Crippen molar-refractivity contribution in [1.29, 1.82) is 0 Å². The number of benzene rings is 2. The molecular weight excluding hydrogens is 550 g/mol. The van der Waals surface area contributed by atoms with Crippen LogP contribution in [-0.4, -0.2) is 75.6 Å². The van der Waals surface area contributed by atoms with Gasteiger partial charge in [-0.25, -0.2) is 8.42 Å². The number of nitrogens with zero attached hydrogens (tertiary/aromatic N) is 2. The monoisotopic (exact) mass is 597 g/mol. The second-order valence-electron chi connectivity index (χ2n) is 12.3. The summed E-state index contributed by atoms with van der Waals surface area (Å²) in [5, 5.41) is 3.18. The van der Waals surface area contributed by atoms with Crippen molar-refractivity contribution in [3.8, 4) is 5.75 Å². The van der Waals surface area contributed by atoms with Crippen molar-refractivity contribution in [3.05, 3.63) is 59.2 Å². The van der Waals surface area contributed by atoms with E-state index in [0.29, 0.717) is 40.3 Å². The summed E-state index contributed by atoms with van der Waals surface area (Å²) >= 11 is 0. The van der Waals surface area contributed by atoms with Crippen LogP contribution in [0.2, 0.25) is 0 Å². The van der Waals surface area contributed by atoms with Crippen LogP contribution < -0.4 is 10.1 Å². The van der Waals surface area contributed by atoms with E-state index in [1.165, 1.54) is 31.5 Å². The van der Waals surface area contributed by atoms with Crippen LogP contribution in [0.3, 0.4) is 0 Å². The summed E-state index contributed by atoms with van der Waals surface area (Å²) in [6.07, 6.45) is 8.20. The second-order valence-corrected chi connectivity index (χ2v) is 14.1. The third kappa shape index (κ3) is 7.01. The van der Waals surface area contributed by atoms with Crippen molar-refractivity contribution in [1.82, 2.24) is 14.5 Å². The Balaban J connectivity index is 1.10. The Kier molecular flexibility index (Phi) is 10.2. The van der Waals surface area contributed by atoms with Crippen LogP contribution in [-0.2, 0) is 19.6 Å². The highest BCUT2D eigenvalue weighted by Gasteiger charge is 2.38. The number of nitrogens with one attached hydrogen (secondary N) is 1. The maximum absolute atomic E-state index is 13.6. The molecular formula is C33H47N3O5S. The van der Waals surface area contributed by atoms with Crippen molar-refractivity contribution < 1.29 is 22.7 Å². The lowest BCUT2D eigenvalue weighted by Gasteiger charge is -2.39. The van der Waals surface area contributed by atoms with Gasteiger partial charge < -0.3 is 14.8 Å². The zero-order chi connectivity index (χ0) is 29.7. The van der Waals surface area contributed by atoms with Gasteiger partial charge in [-0.05, 0) is 113 Å². The molecule has 2 aromatic rings. The molecule has 0 aromatic heterocycles. The van der Waals surface area contributed by atoms with Gasteiger partial charge >= 0.3 is 0 Å². The maximum Gasteiger partial charge on any atom is 0.246 e. The first-order valence-corrected chi connectivity index (χ1v) is 17.0. The zero-order valence-corrected chi connectivity index (χ0v) is 26.2. The molecule has 2 atom stereocenters. The van der Waals surface area contributed by atoms with E-state index in [0.717, 1.165) is 38.5 Å². The van der Waals surface area contributed by atoms with E-state index in [-0.39, 0.29) is 31.2 Å². The predicted octanol–water partition coefficient (Wildman–Crippen LogP) is 4.99. The molecule has 2 saturated heterocycles. The lowest BCUT2D eigenvalue weighted by molar-refractivity contribution is -0.127. The molecule has 1 amide bonds. The molecule has 0 bridgehead atoms. The normalized spacial score (nSPS) is 24.5. The molecule has 1 N–H and O–H groups in total. The largest absolute Gasteiger partial charge is 0.497 e.